The molecule has 0 aliphatic rings. The molecule has 7 nitrogen and oxygen atoms in total. The van der Waals surface area contributed by atoms with E-state index in [1.165, 1.54) is 6.07 Å². The number of nitro benzene ring substituents is 1. The first-order valence-electron chi connectivity index (χ1n) is 6.12. The first-order chi connectivity index (χ1) is 10.9. The highest BCUT2D eigenvalue weighted by atomic mass is 35.7. The Morgan fingerprint density at radius 1 is 0.875 bits per heavy atom. The van der Waals surface area contributed by atoms with E-state index in [9.17, 15) is 26.9 Å². The molecule has 0 amide bonds. The number of benzene rings is 2. The minimum Gasteiger partial charge on any atom is -0.258 e. The zero-order chi connectivity index (χ0) is 18.5. The highest BCUT2D eigenvalue weighted by molar-refractivity contribution is 8.14. The fourth-order valence-electron chi connectivity index (χ4n) is 1.56. The molecule has 2 aromatic carbocycles. The maximum absolute atomic E-state index is 10.8. The minimum absolute atomic E-state index is 0.153. The van der Waals surface area contributed by atoms with Gasteiger partial charge in [0.2, 0.25) is 0 Å². The summed E-state index contributed by atoms with van der Waals surface area (Å²) in [6, 6.07) is 10.9. The van der Waals surface area contributed by atoms with E-state index in [0.29, 0.717) is 5.56 Å². The Hall–Kier alpha value is -1.68. The molecular weight excluding hydrogens is 401 g/mol. The number of rotatable bonds is 3. The second-order valence-corrected chi connectivity index (χ2v) is 9.49. The van der Waals surface area contributed by atoms with Gasteiger partial charge in [0.25, 0.3) is 23.8 Å². The van der Waals surface area contributed by atoms with E-state index in [0.717, 1.165) is 24.3 Å². The Labute approximate surface area is 147 Å². The van der Waals surface area contributed by atoms with Gasteiger partial charge in [0, 0.05) is 33.5 Å². The number of nitrogens with zero attached hydrogens (tertiary/aromatic N) is 1. The zero-order valence-electron chi connectivity index (χ0n) is 12.1. The zero-order valence-corrected chi connectivity index (χ0v) is 15.2. The molecule has 0 saturated heterocycles. The Morgan fingerprint density at radius 3 is 1.71 bits per heavy atom. The molecule has 0 unspecified atom stereocenters. The Kier molecular flexibility index (Phi) is 6.73. The fourth-order valence-corrected chi connectivity index (χ4v) is 3.54. The number of hydrogen-bond donors (Lipinski definition) is 0. The molecule has 130 valence electrons. The summed E-state index contributed by atoms with van der Waals surface area (Å²) >= 11 is 0. The van der Waals surface area contributed by atoms with Gasteiger partial charge in [-0.15, -0.1) is 0 Å². The van der Waals surface area contributed by atoms with E-state index >= 15 is 0 Å². The van der Waals surface area contributed by atoms with Crippen LogP contribution in [0.3, 0.4) is 0 Å². The van der Waals surface area contributed by atoms with E-state index in [4.69, 9.17) is 21.4 Å². The van der Waals surface area contributed by atoms with Gasteiger partial charge in [0.1, 0.15) is 0 Å². The molecule has 0 aliphatic heterocycles. The van der Waals surface area contributed by atoms with E-state index in [-0.39, 0.29) is 15.5 Å². The quantitative estimate of drug-likeness (QED) is 0.434. The summed E-state index contributed by atoms with van der Waals surface area (Å²) in [6.45, 7) is 1.70. The lowest BCUT2D eigenvalue weighted by Crippen LogP contribution is -1.92. The van der Waals surface area contributed by atoms with Crippen LogP contribution in [-0.4, -0.2) is 21.8 Å². The summed E-state index contributed by atoms with van der Waals surface area (Å²) in [5.74, 6) is 0. The van der Waals surface area contributed by atoms with Gasteiger partial charge in [-0.25, -0.2) is 16.8 Å². The van der Waals surface area contributed by atoms with Crippen LogP contribution in [0.5, 0.6) is 0 Å². The predicted octanol–water partition coefficient (Wildman–Crippen LogP) is 3.44. The van der Waals surface area contributed by atoms with Crippen LogP contribution < -0.4 is 0 Å². The van der Waals surface area contributed by atoms with E-state index in [2.05, 4.69) is 0 Å². The second-order valence-electron chi connectivity index (χ2n) is 4.39. The number of hydrogen-bond acceptors (Lipinski definition) is 6. The highest BCUT2D eigenvalue weighted by Crippen LogP contribution is 2.19. The summed E-state index contributed by atoms with van der Waals surface area (Å²) in [5.41, 5.74) is 0.492. The molecule has 0 aromatic heterocycles. The van der Waals surface area contributed by atoms with Crippen LogP contribution in [0.1, 0.15) is 5.56 Å². The number of non-ortho nitro benzene ring substituents is 1. The molecule has 0 heterocycles. The Bertz CT molecular complexity index is 941. The van der Waals surface area contributed by atoms with Crippen molar-refractivity contribution < 1.29 is 21.8 Å². The topological polar surface area (TPSA) is 111 Å². The molecule has 0 fully saturated rings. The first-order valence-corrected chi connectivity index (χ1v) is 10.7. The second kappa shape index (κ2) is 7.93. The van der Waals surface area contributed by atoms with Crippen molar-refractivity contribution >= 4 is 45.2 Å². The highest BCUT2D eigenvalue weighted by Gasteiger charge is 2.12. The third-order valence-electron chi connectivity index (χ3n) is 2.69. The molecule has 11 heteroatoms. The van der Waals surface area contributed by atoms with Gasteiger partial charge in [-0.2, -0.15) is 0 Å². The predicted molar refractivity (Wildman–Crippen MR) is 90.4 cm³/mol. The lowest BCUT2D eigenvalue weighted by Gasteiger charge is -1.98. The molecule has 2 aromatic rings. The summed E-state index contributed by atoms with van der Waals surface area (Å²) in [7, 11) is 2.77. The van der Waals surface area contributed by atoms with Crippen molar-refractivity contribution in [1.82, 2.24) is 0 Å². The van der Waals surface area contributed by atoms with Gasteiger partial charge in [0.05, 0.1) is 14.7 Å². The summed E-state index contributed by atoms with van der Waals surface area (Å²) in [6.07, 6.45) is 0. The minimum atomic E-state index is -3.80. The average molecular weight is 412 g/mol. The molecule has 0 atom stereocenters. The number of halogens is 2. The maximum atomic E-state index is 10.8. The molecular formula is C13H11Cl2NO6S2. The average Bonchev–Trinajstić information content (AvgIpc) is 2.46. The molecule has 0 N–H and O–H groups in total. The van der Waals surface area contributed by atoms with Crippen LogP contribution in [0.15, 0.2) is 58.3 Å². The fraction of sp³-hybridized carbons (Fsp3) is 0.0769. The van der Waals surface area contributed by atoms with Crippen molar-refractivity contribution in [2.75, 3.05) is 0 Å². The van der Waals surface area contributed by atoms with Gasteiger partial charge in [-0.1, -0.05) is 18.2 Å². The SMILES string of the molecule is Cc1ccccc1S(=O)(=O)Cl.O=[N+]([O-])c1ccc(S(=O)(=O)Cl)cc1. The molecule has 24 heavy (non-hydrogen) atoms. The monoisotopic (exact) mass is 411 g/mol. The number of aryl methyl sites for hydroxylation is 1. The van der Waals surface area contributed by atoms with Crippen LogP contribution >= 0.6 is 21.4 Å². The van der Waals surface area contributed by atoms with Crippen molar-refractivity contribution in [1.29, 1.82) is 0 Å². The normalized spacial score (nSPS) is 11.3. The first kappa shape index (κ1) is 20.4. The summed E-state index contributed by atoms with van der Waals surface area (Å²) < 4.78 is 43.1. The maximum Gasteiger partial charge on any atom is 0.269 e. The molecule has 0 bridgehead atoms. The standard InChI is InChI=1S/C7H7ClO2S.C6H4ClNO4S/c1-6-4-2-3-5-7(6)11(8,9)10;7-13(11,12)6-3-1-5(2-4-6)8(9)10/h2-5H,1H3;1-4H. The van der Waals surface area contributed by atoms with Crippen LogP contribution in [0.2, 0.25) is 0 Å². The molecule has 0 radical (unpaired) electrons. The third-order valence-corrected chi connectivity index (χ3v) is 5.54. The van der Waals surface area contributed by atoms with Gasteiger partial charge in [0.15, 0.2) is 0 Å². The van der Waals surface area contributed by atoms with Crippen molar-refractivity contribution in [3.05, 3.63) is 64.2 Å². The largest absolute Gasteiger partial charge is 0.269 e. The molecule has 0 saturated carbocycles. The molecule has 0 spiro atoms. The van der Waals surface area contributed by atoms with Gasteiger partial charge in [-0.05, 0) is 30.7 Å². The van der Waals surface area contributed by atoms with E-state index in [1.54, 1.807) is 25.1 Å². The van der Waals surface area contributed by atoms with Crippen LogP contribution in [-0.2, 0) is 18.1 Å². The van der Waals surface area contributed by atoms with Gasteiger partial charge in [-0.3, -0.25) is 10.1 Å². The van der Waals surface area contributed by atoms with Gasteiger partial charge >= 0.3 is 0 Å². The van der Waals surface area contributed by atoms with Crippen molar-refractivity contribution in [2.24, 2.45) is 0 Å². The van der Waals surface area contributed by atoms with Crippen LogP contribution in [0, 0.1) is 17.0 Å². The Morgan fingerprint density at radius 2 is 1.38 bits per heavy atom. The van der Waals surface area contributed by atoms with E-state index in [1.807, 2.05) is 0 Å². The third kappa shape index (κ3) is 6.08. The Balaban J connectivity index is 0.000000243. The smallest absolute Gasteiger partial charge is 0.258 e. The summed E-state index contributed by atoms with van der Waals surface area (Å²) in [4.78, 5) is 9.59. The van der Waals surface area contributed by atoms with Crippen molar-refractivity contribution in [3.8, 4) is 0 Å². The van der Waals surface area contributed by atoms with Gasteiger partial charge < -0.3 is 0 Å². The van der Waals surface area contributed by atoms with Crippen molar-refractivity contribution in [2.45, 2.75) is 16.7 Å². The lowest BCUT2D eigenvalue weighted by atomic mass is 10.2. The lowest BCUT2D eigenvalue weighted by molar-refractivity contribution is -0.384. The molecule has 0 aliphatic carbocycles. The van der Waals surface area contributed by atoms with E-state index < -0.39 is 23.0 Å². The summed E-state index contributed by atoms with van der Waals surface area (Å²) in [5, 5.41) is 10.2. The number of nitro groups is 1. The van der Waals surface area contributed by atoms with Crippen molar-refractivity contribution in [3.63, 3.8) is 0 Å². The molecule has 2 rings (SSSR count). The van der Waals surface area contributed by atoms with Crippen LogP contribution in [0.4, 0.5) is 5.69 Å². The van der Waals surface area contributed by atoms with Crippen LogP contribution in [0.25, 0.3) is 0 Å².